The van der Waals surface area contributed by atoms with Gasteiger partial charge in [0.2, 0.25) is 0 Å². The molecule has 1 heterocycles. The fourth-order valence-electron chi connectivity index (χ4n) is 1.37. The molecule has 3 heteroatoms. The molecule has 0 radical (unpaired) electrons. The Morgan fingerprint density at radius 3 is 1.93 bits per heavy atom. The van der Waals surface area contributed by atoms with E-state index < -0.39 is 0 Å². The number of thiazole rings is 1. The predicted octanol–water partition coefficient (Wildman–Crippen LogP) is 2.94. The zero-order valence-corrected chi connectivity index (χ0v) is 10.7. The molecule has 0 saturated heterocycles. The van der Waals surface area contributed by atoms with E-state index in [1.54, 1.807) is 11.3 Å². The standard InChI is InChI=1S/C11H20N2S/c1-7-13-8(11(5,6)12)9(14-7)10(2,3)4/h12H2,1-6H3. The Bertz CT molecular complexity index is 295. The van der Waals surface area contributed by atoms with Crippen molar-refractivity contribution in [1.29, 1.82) is 0 Å². The average Bonchev–Trinajstić information content (AvgIpc) is 2.27. The highest BCUT2D eigenvalue weighted by atomic mass is 32.1. The molecule has 1 aromatic heterocycles. The molecule has 2 N–H and O–H groups in total. The minimum absolute atomic E-state index is 0.137. The Labute approximate surface area is 90.6 Å². The molecule has 0 aromatic carbocycles. The van der Waals surface area contributed by atoms with Crippen molar-refractivity contribution in [3.05, 3.63) is 15.6 Å². The minimum Gasteiger partial charge on any atom is -0.321 e. The number of aromatic nitrogens is 1. The second-order valence-electron chi connectivity index (χ2n) is 5.38. The first kappa shape index (κ1) is 11.7. The van der Waals surface area contributed by atoms with Crippen LogP contribution in [0.1, 0.15) is 50.2 Å². The van der Waals surface area contributed by atoms with Crippen molar-refractivity contribution < 1.29 is 0 Å². The lowest BCUT2D eigenvalue weighted by Gasteiger charge is -2.24. The summed E-state index contributed by atoms with van der Waals surface area (Å²) in [7, 11) is 0. The highest BCUT2D eigenvalue weighted by Gasteiger charge is 2.29. The molecular formula is C11H20N2S. The molecule has 1 rings (SSSR count). The number of aryl methyl sites for hydroxylation is 1. The van der Waals surface area contributed by atoms with Gasteiger partial charge >= 0.3 is 0 Å². The number of rotatable bonds is 1. The van der Waals surface area contributed by atoms with Crippen LogP contribution in [0.2, 0.25) is 0 Å². The van der Waals surface area contributed by atoms with Crippen molar-refractivity contribution in [3.63, 3.8) is 0 Å². The first-order valence-electron chi connectivity index (χ1n) is 4.89. The largest absolute Gasteiger partial charge is 0.321 e. The third-order valence-electron chi connectivity index (χ3n) is 2.03. The minimum atomic E-state index is -0.340. The van der Waals surface area contributed by atoms with E-state index in [0.717, 1.165) is 10.7 Å². The fourth-order valence-corrected chi connectivity index (χ4v) is 2.52. The maximum Gasteiger partial charge on any atom is 0.0901 e. The van der Waals surface area contributed by atoms with E-state index in [4.69, 9.17) is 5.73 Å². The zero-order chi connectivity index (χ0) is 11.1. The van der Waals surface area contributed by atoms with Crippen LogP contribution in [-0.2, 0) is 11.0 Å². The molecule has 80 valence electrons. The SMILES string of the molecule is Cc1nc(C(C)(C)N)c(C(C)(C)C)s1. The summed E-state index contributed by atoms with van der Waals surface area (Å²) in [6.07, 6.45) is 0. The van der Waals surface area contributed by atoms with E-state index in [9.17, 15) is 0 Å². The van der Waals surface area contributed by atoms with Crippen molar-refractivity contribution in [3.8, 4) is 0 Å². The van der Waals surface area contributed by atoms with Crippen LogP contribution in [0.5, 0.6) is 0 Å². The lowest BCUT2D eigenvalue weighted by molar-refractivity contribution is 0.504. The van der Waals surface area contributed by atoms with E-state index in [1.165, 1.54) is 4.88 Å². The van der Waals surface area contributed by atoms with Gasteiger partial charge in [0, 0.05) is 4.88 Å². The van der Waals surface area contributed by atoms with Gasteiger partial charge in [-0.3, -0.25) is 0 Å². The highest BCUT2D eigenvalue weighted by Crippen LogP contribution is 2.35. The molecule has 2 nitrogen and oxygen atoms in total. The molecule has 0 spiro atoms. The third kappa shape index (κ3) is 2.34. The predicted molar refractivity (Wildman–Crippen MR) is 62.8 cm³/mol. The first-order valence-corrected chi connectivity index (χ1v) is 5.71. The molecule has 1 aromatic rings. The third-order valence-corrected chi connectivity index (χ3v) is 3.42. The summed E-state index contributed by atoms with van der Waals surface area (Å²) in [5.41, 5.74) is 6.96. The van der Waals surface area contributed by atoms with Crippen molar-refractivity contribution >= 4 is 11.3 Å². The van der Waals surface area contributed by atoms with Crippen molar-refractivity contribution in [2.45, 2.75) is 52.5 Å². The number of nitrogens with zero attached hydrogens (tertiary/aromatic N) is 1. The Morgan fingerprint density at radius 1 is 1.14 bits per heavy atom. The number of nitrogens with two attached hydrogens (primary N) is 1. The van der Waals surface area contributed by atoms with Crippen LogP contribution in [-0.4, -0.2) is 4.98 Å². The van der Waals surface area contributed by atoms with E-state index >= 15 is 0 Å². The van der Waals surface area contributed by atoms with Crippen molar-refractivity contribution in [2.24, 2.45) is 5.73 Å². The van der Waals surface area contributed by atoms with Crippen LogP contribution in [0.25, 0.3) is 0 Å². The summed E-state index contributed by atoms with van der Waals surface area (Å²) in [6.45, 7) is 12.7. The summed E-state index contributed by atoms with van der Waals surface area (Å²) < 4.78 is 0. The Morgan fingerprint density at radius 2 is 1.64 bits per heavy atom. The van der Waals surface area contributed by atoms with Crippen LogP contribution in [0.4, 0.5) is 0 Å². The van der Waals surface area contributed by atoms with Gasteiger partial charge < -0.3 is 5.73 Å². The second kappa shape index (κ2) is 3.31. The summed E-state index contributed by atoms with van der Waals surface area (Å²) in [5.74, 6) is 0. The van der Waals surface area contributed by atoms with Gasteiger partial charge in [-0.25, -0.2) is 4.98 Å². The maximum absolute atomic E-state index is 6.11. The quantitative estimate of drug-likeness (QED) is 0.777. The van der Waals surface area contributed by atoms with Gasteiger partial charge in [0.1, 0.15) is 0 Å². The molecule has 0 amide bonds. The topological polar surface area (TPSA) is 38.9 Å². The average molecular weight is 212 g/mol. The lowest BCUT2D eigenvalue weighted by atomic mass is 9.88. The van der Waals surface area contributed by atoms with E-state index in [-0.39, 0.29) is 11.0 Å². The second-order valence-corrected chi connectivity index (χ2v) is 6.59. The highest BCUT2D eigenvalue weighted by molar-refractivity contribution is 7.11. The molecule has 0 bridgehead atoms. The lowest BCUT2D eigenvalue weighted by Crippen LogP contribution is -2.32. The van der Waals surface area contributed by atoms with Gasteiger partial charge in [0.05, 0.1) is 16.2 Å². The van der Waals surface area contributed by atoms with Gasteiger partial charge in [-0.15, -0.1) is 11.3 Å². The van der Waals surface area contributed by atoms with Gasteiger partial charge in [-0.1, -0.05) is 20.8 Å². The molecular weight excluding hydrogens is 192 g/mol. The Hall–Kier alpha value is -0.410. The van der Waals surface area contributed by atoms with E-state index in [1.807, 2.05) is 20.8 Å². The summed E-state index contributed by atoms with van der Waals surface area (Å²) in [5, 5.41) is 1.10. The van der Waals surface area contributed by atoms with Crippen LogP contribution in [0, 0.1) is 6.92 Å². The van der Waals surface area contributed by atoms with Gasteiger partial charge in [0.15, 0.2) is 0 Å². The molecule has 0 fully saturated rings. The van der Waals surface area contributed by atoms with Crippen LogP contribution < -0.4 is 5.73 Å². The van der Waals surface area contributed by atoms with Gasteiger partial charge in [-0.05, 0) is 26.2 Å². The number of hydrogen-bond donors (Lipinski definition) is 1. The molecule has 14 heavy (non-hydrogen) atoms. The van der Waals surface area contributed by atoms with Crippen LogP contribution in [0.3, 0.4) is 0 Å². The van der Waals surface area contributed by atoms with Crippen molar-refractivity contribution in [1.82, 2.24) is 4.98 Å². The molecule has 0 aliphatic carbocycles. The van der Waals surface area contributed by atoms with E-state index in [2.05, 4.69) is 25.8 Å². The molecule has 0 aliphatic rings. The van der Waals surface area contributed by atoms with E-state index in [0.29, 0.717) is 0 Å². The molecule has 0 saturated carbocycles. The normalized spacial score (nSPS) is 13.4. The van der Waals surface area contributed by atoms with Crippen molar-refractivity contribution in [2.75, 3.05) is 0 Å². The van der Waals surface area contributed by atoms with Gasteiger partial charge in [-0.2, -0.15) is 0 Å². The Balaban J connectivity index is 3.31. The summed E-state index contributed by atoms with van der Waals surface area (Å²) >= 11 is 1.76. The van der Waals surface area contributed by atoms with Crippen LogP contribution in [0.15, 0.2) is 0 Å². The zero-order valence-electron chi connectivity index (χ0n) is 9.93. The monoisotopic (exact) mass is 212 g/mol. The smallest absolute Gasteiger partial charge is 0.0901 e. The van der Waals surface area contributed by atoms with Crippen LogP contribution >= 0.6 is 11.3 Å². The number of hydrogen-bond acceptors (Lipinski definition) is 3. The maximum atomic E-state index is 6.11. The summed E-state index contributed by atoms with van der Waals surface area (Å²) in [4.78, 5) is 5.85. The van der Waals surface area contributed by atoms with Gasteiger partial charge in [0.25, 0.3) is 0 Å². The first-order chi connectivity index (χ1) is 6.12. The summed E-state index contributed by atoms with van der Waals surface area (Å²) in [6, 6.07) is 0. The Kier molecular flexibility index (Phi) is 2.76. The molecule has 0 aliphatic heterocycles. The molecule has 0 atom stereocenters. The fraction of sp³-hybridized carbons (Fsp3) is 0.727. The molecule has 0 unspecified atom stereocenters.